The molecule has 0 saturated heterocycles. The van der Waals surface area contributed by atoms with Gasteiger partial charge < -0.3 is 0 Å². The zero-order valence-electron chi connectivity index (χ0n) is 8.63. The summed E-state index contributed by atoms with van der Waals surface area (Å²) >= 11 is 4.94. The number of aldehydes is 1. The number of aromatic nitrogens is 2. The number of carbonyl (C=O) groups is 1. The molecular weight excluding hydrogens is 300 g/mol. The summed E-state index contributed by atoms with van der Waals surface area (Å²) in [5.41, 5.74) is 2.65. The first kappa shape index (κ1) is 10.7. The molecule has 0 radical (unpaired) electrons. The average molecular weight is 307 g/mol. The Bertz CT molecular complexity index is 684. The van der Waals surface area contributed by atoms with Gasteiger partial charge in [-0.15, -0.1) is 11.3 Å². The van der Waals surface area contributed by atoms with Crippen LogP contribution in [0.5, 0.6) is 0 Å². The third-order valence-electron chi connectivity index (χ3n) is 2.53. The summed E-state index contributed by atoms with van der Waals surface area (Å²) in [5.74, 6) is 0. The highest BCUT2D eigenvalue weighted by molar-refractivity contribution is 9.10. The van der Waals surface area contributed by atoms with Gasteiger partial charge in [0.25, 0.3) is 0 Å². The highest BCUT2D eigenvalue weighted by atomic mass is 79.9. The Balaban J connectivity index is 2.26. The van der Waals surface area contributed by atoms with Crippen molar-refractivity contribution < 1.29 is 4.79 Å². The molecule has 2 heterocycles. The summed E-state index contributed by atoms with van der Waals surface area (Å²) in [5, 5.41) is 2.01. The standard InChI is InChI=1S/C12H7BrN2OS/c13-9-3-1-8(2-4-9)11-7-17-12-14-5-10(6-16)15(11)12/h1-7H. The van der Waals surface area contributed by atoms with E-state index >= 15 is 0 Å². The summed E-state index contributed by atoms with van der Waals surface area (Å²) in [6, 6.07) is 7.99. The van der Waals surface area contributed by atoms with Crippen molar-refractivity contribution in [2.24, 2.45) is 0 Å². The van der Waals surface area contributed by atoms with Gasteiger partial charge in [0, 0.05) is 9.85 Å². The summed E-state index contributed by atoms with van der Waals surface area (Å²) in [4.78, 5) is 16.0. The van der Waals surface area contributed by atoms with E-state index in [0.717, 1.165) is 27.0 Å². The molecule has 17 heavy (non-hydrogen) atoms. The second kappa shape index (κ2) is 4.09. The first-order valence-corrected chi connectivity index (χ1v) is 6.63. The molecule has 5 heteroatoms. The Kier molecular flexibility index (Phi) is 2.57. The lowest BCUT2D eigenvalue weighted by Gasteiger charge is -2.01. The predicted octanol–water partition coefficient (Wildman–Crippen LogP) is 3.64. The maximum absolute atomic E-state index is 11.0. The van der Waals surface area contributed by atoms with Crippen LogP contribution in [0.2, 0.25) is 0 Å². The van der Waals surface area contributed by atoms with Crippen molar-refractivity contribution in [1.29, 1.82) is 0 Å². The number of imidazole rings is 1. The van der Waals surface area contributed by atoms with Crippen LogP contribution < -0.4 is 0 Å². The molecule has 0 atom stereocenters. The molecule has 2 aromatic heterocycles. The van der Waals surface area contributed by atoms with Crippen LogP contribution in [-0.2, 0) is 0 Å². The molecule has 0 aliphatic rings. The minimum Gasteiger partial charge on any atom is -0.296 e. The van der Waals surface area contributed by atoms with Gasteiger partial charge >= 0.3 is 0 Å². The number of hydrogen-bond donors (Lipinski definition) is 0. The van der Waals surface area contributed by atoms with Crippen molar-refractivity contribution in [2.75, 3.05) is 0 Å². The van der Waals surface area contributed by atoms with Gasteiger partial charge in [-0.05, 0) is 17.7 Å². The second-order valence-electron chi connectivity index (χ2n) is 3.55. The molecule has 3 aromatic rings. The third kappa shape index (κ3) is 1.71. The molecule has 0 saturated carbocycles. The fourth-order valence-electron chi connectivity index (χ4n) is 1.73. The zero-order chi connectivity index (χ0) is 11.8. The average Bonchev–Trinajstić information content (AvgIpc) is 2.91. The molecule has 0 amide bonds. The van der Waals surface area contributed by atoms with E-state index in [1.807, 2.05) is 34.0 Å². The Morgan fingerprint density at radius 2 is 2.06 bits per heavy atom. The van der Waals surface area contributed by atoms with Crippen LogP contribution in [0.25, 0.3) is 16.2 Å². The first-order chi connectivity index (χ1) is 8.29. The molecule has 3 rings (SSSR count). The highest BCUT2D eigenvalue weighted by Crippen LogP contribution is 2.27. The van der Waals surface area contributed by atoms with E-state index in [1.165, 1.54) is 11.3 Å². The quantitative estimate of drug-likeness (QED) is 0.677. The number of carbonyl (C=O) groups excluding carboxylic acids is 1. The van der Waals surface area contributed by atoms with Crippen LogP contribution in [0.3, 0.4) is 0 Å². The van der Waals surface area contributed by atoms with Crippen molar-refractivity contribution in [3.8, 4) is 11.3 Å². The van der Waals surface area contributed by atoms with Crippen LogP contribution in [-0.4, -0.2) is 15.7 Å². The highest BCUT2D eigenvalue weighted by Gasteiger charge is 2.10. The van der Waals surface area contributed by atoms with Gasteiger partial charge in [-0.2, -0.15) is 0 Å². The fourth-order valence-corrected chi connectivity index (χ4v) is 2.88. The van der Waals surface area contributed by atoms with Gasteiger partial charge in [0.1, 0.15) is 5.69 Å². The number of hydrogen-bond acceptors (Lipinski definition) is 3. The maximum atomic E-state index is 11.0. The van der Waals surface area contributed by atoms with Gasteiger partial charge in [-0.25, -0.2) is 4.98 Å². The summed E-state index contributed by atoms with van der Waals surface area (Å²) < 4.78 is 2.91. The number of thiazole rings is 1. The summed E-state index contributed by atoms with van der Waals surface area (Å²) in [7, 11) is 0. The predicted molar refractivity (Wildman–Crippen MR) is 71.6 cm³/mol. The molecular formula is C12H7BrN2OS. The van der Waals surface area contributed by atoms with Crippen molar-refractivity contribution in [3.05, 3.63) is 46.0 Å². The lowest BCUT2D eigenvalue weighted by Crippen LogP contribution is -1.91. The van der Waals surface area contributed by atoms with Crippen LogP contribution in [0.4, 0.5) is 0 Å². The number of benzene rings is 1. The van der Waals surface area contributed by atoms with Gasteiger partial charge in [0.2, 0.25) is 0 Å². The Morgan fingerprint density at radius 3 is 2.76 bits per heavy atom. The van der Waals surface area contributed by atoms with E-state index < -0.39 is 0 Å². The first-order valence-electron chi connectivity index (χ1n) is 4.95. The summed E-state index contributed by atoms with van der Waals surface area (Å²) in [6.07, 6.45) is 2.43. The Morgan fingerprint density at radius 1 is 1.29 bits per heavy atom. The lowest BCUT2D eigenvalue weighted by molar-refractivity contribution is 0.111. The van der Waals surface area contributed by atoms with Crippen molar-refractivity contribution in [1.82, 2.24) is 9.38 Å². The maximum Gasteiger partial charge on any atom is 0.194 e. The van der Waals surface area contributed by atoms with Crippen LogP contribution in [0, 0.1) is 0 Å². The van der Waals surface area contributed by atoms with Gasteiger partial charge in [0.05, 0.1) is 11.9 Å². The molecule has 0 fully saturated rings. The monoisotopic (exact) mass is 306 g/mol. The molecule has 3 nitrogen and oxygen atoms in total. The normalized spacial score (nSPS) is 10.9. The topological polar surface area (TPSA) is 34.4 Å². The van der Waals surface area contributed by atoms with E-state index in [1.54, 1.807) is 6.20 Å². The van der Waals surface area contributed by atoms with Gasteiger partial charge in [-0.1, -0.05) is 28.1 Å². The van der Waals surface area contributed by atoms with E-state index in [-0.39, 0.29) is 0 Å². The van der Waals surface area contributed by atoms with E-state index in [0.29, 0.717) is 5.69 Å². The molecule has 0 spiro atoms. The van der Waals surface area contributed by atoms with E-state index in [9.17, 15) is 4.79 Å². The van der Waals surface area contributed by atoms with Crippen LogP contribution >= 0.6 is 27.3 Å². The Labute approximate surface area is 110 Å². The number of fused-ring (bicyclic) bond motifs is 1. The Hall–Kier alpha value is -1.46. The van der Waals surface area contributed by atoms with E-state index in [4.69, 9.17) is 0 Å². The molecule has 0 bridgehead atoms. The van der Waals surface area contributed by atoms with Crippen molar-refractivity contribution in [3.63, 3.8) is 0 Å². The van der Waals surface area contributed by atoms with E-state index in [2.05, 4.69) is 20.9 Å². The second-order valence-corrected chi connectivity index (χ2v) is 5.30. The fraction of sp³-hybridized carbons (Fsp3) is 0. The number of halogens is 1. The third-order valence-corrected chi connectivity index (χ3v) is 3.90. The SMILES string of the molecule is O=Cc1cnc2scc(-c3ccc(Br)cc3)n12. The molecule has 0 unspecified atom stereocenters. The zero-order valence-corrected chi connectivity index (χ0v) is 11.0. The minimum atomic E-state index is 0.583. The minimum absolute atomic E-state index is 0.583. The van der Waals surface area contributed by atoms with Crippen LogP contribution in [0.1, 0.15) is 10.5 Å². The van der Waals surface area contributed by atoms with Crippen LogP contribution in [0.15, 0.2) is 40.3 Å². The van der Waals surface area contributed by atoms with Crippen molar-refractivity contribution in [2.45, 2.75) is 0 Å². The molecule has 0 N–H and O–H groups in total. The lowest BCUT2D eigenvalue weighted by atomic mass is 10.2. The molecule has 1 aromatic carbocycles. The molecule has 84 valence electrons. The number of nitrogens with zero attached hydrogens (tertiary/aromatic N) is 2. The smallest absolute Gasteiger partial charge is 0.194 e. The van der Waals surface area contributed by atoms with Gasteiger partial charge in [-0.3, -0.25) is 9.20 Å². The largest absolute Gasteiger partial charge is 0.296 e. The number of rotatable bonds is 2. The molecule has 0 aliphatic carbocycles. The van der Waals surface area contributed by atoms with Crippen molar-refractivity contribution >= 4 is 38.5 Å². The van der Waals surface area contributed by atoms with Gasteiger partial charge in [0.15, 0.2) is 11.2 Å². The molecule has 0 aliphatic heterocycles. The summed E-state index contributed by atoms with van der Waals surface area (Å²) in [6.45, 7) is 0.